The molecule has 0 radical (unpaired) electrons. The van der Waals surface area contributed by atoms with Crippen LogP contribution in [0.15, 0.2) is 16.6 Å². The molecule has 1 heterocycles. The van der Waals surface area contributed by atoms with Crippen LogP contribution in [0.4, 0.5) is 0 Å². The number of carbonyl (C=O) groups is 2. The lowest BCUT2D eigenvalue weighted by Gasteiger charge is -2.23. The number of aryl methyl sites for hydroxylation is 1. The van der Waals surface area contributed by atoms with Gasteiger partial charge < -0.3 is 14.8 Å². The maximum absolute atomic E-state index is 11.9. The van der Waals surface area contributed by atoms with E-state index in [0.717, 1.165) is 29.2 Å². The van der Waals surface area contributed by atoms with E-state index in [1.807, 2.05) is 13.0 Å². The average molecular weight is 356 g/mol. The summed E-state index contributed by atoms with van der Waals surface area (Å²) in [6.07, 6.45) is 2.37. The zero-order valence-corrected chi connectivity index (χ0v) is 13.4. The van der Waals surface area contributed by atoms with Gasteiger partial charge >= 0.3 is 0 Å². The van der Waals surface area contributed by atoms with Crippen molar-refractivity contribution in [2.75, 3.05) is 19.8 Å². The number of hydrogen-bond donors (Lipinski definition) is 1. The summed E-state index contributed by atoms with van der Waals surface area (Å²) >= 11 is 3.33. The number of benzene rings is 1. The summed E-state index contributed by atoms with van der Waals surface area (Å²) in [6, 6.07) is 3.66. The van der Waals surface area contributed by atoms with Crippen LogP contribution < -0.4 is 10.1 Å². The summed E-state index contributed by atoms with van der Waals surface area (Å²) in [6.45, 7) is 3.09. The fourth-order valence-electron chi connectivity index (χ4n) is 2.29. The van der Waals surface area contributed by atoms with Crippen LogP contribution in [0.1, 0.15) is 28.8 Å². The zero-order chi connectivity index (χ0) is 15.2. The first-order valence-electron chi connectivity index (χ1n) is 6.85. The van der Waals surface area contributed by atoms with Crippen molar-refractivity contribution >= 4 is 28.1 Å². The van der Waals surface area contributed by atoms with Crippen molar-refractivity contribution < 1.29 is 19.1 Å². The first-order valence-corrected chi connectivity index (χ1v) is 7.64. The molecule has 0 bridgehead atoms. The molecule has 0 unspecified atom stereocenters. The second-order valence-electron chi connectivity index (χ2n) is 5.00. The Morgan fingerprint density at radius 3 is 2.86 bits per heavy atom. The van der Waals surface area contributed by atoms with E-state index >= 15 is 0 Å². The maximum Gasteiger partial charge on any atom is 0.258 e. The predicted octanol–water partition coefficient (Wildman–Crippen LogP) is 2.24. The largest absolute Gasteiger partial charge is 0.483 e. The Morgan fingerprint density at radius 1 is 1.48 bits per heavy atom. The second-order valence-corrected chi connectivity index (χ2v) is 5.92. The molecular formula is C15H18BrNO4. The second kappa shape index (κ2) is 7.56. The van der Waals surface area contributed by atoms with Gasteiger partial charge in [-0.15, -0.1) is 0 Å². The molecule has 6 heteroatoms. The Morgan fingerprint density at radius 2 is 2.19 bits per heavy atom. The van der Waals surface area contributed by atoms with Crippen LogP contribution in [-0.2, 0) is 9.53 Å². The van der Waals surface area contributed by atoms with Crippen LogP contribution in [0.25, 0.3) is 0 Å². The van der Waals surface area contributed by atoms with Crippen molar-refractivity contribution in [3.05, 3.63) is 27.7 Å². The lowest BCUT2D eigenvalue weighted by molar-refractivity contribution is -0.124. The van der Waals surface area contributed by atoms with Crippen LogP contribution in [0, 0.1) is 6.92 Å². The highest BCUT2D eigenvalue weighted by Gasteiger charge is 2.17. The molecule has 0 saturated carbocycles. The summed E-state index contributed by atoms with van der Waals surface area (Å²) in [5.74, 6) is 0.274. The highest BCUT2D eigenvalue weighted by molar-refractivity contribution is 9.10. The van der Waals surface area contributed by atoms with Crippen LogP contribution in [-0.4, -0.2) is 38.1 Å². The fraction of sp³-hybridized carbons (Fsp3) is 0.467. The van der Waals surface area contributed by atoms with Gasteiger partial charge in [-0.05, 0) is 37.5 Å². The summed E-state index contributed by atoms with van der Waals surface area (Å²) in [4.78, 5) is 23.0. The van der Waals surface area contributed by atoms with Gasteiger partial charge in [-0.3, -0.25) is 9.59 Å². The summed E-state index contributed by atoms with van der Waals surface area (Å²) < 4.78 is 11.6. The minimum atomic E-state index is -0.180. The van der Waals surface area contributed by atoms with E-state index in [-0.39, 0.29) is 18.6 Å². The van der Waals surface area contributed by atoms with Gasteiger partial charge in [-0.25, -0.2) is 0 Å². The van der Waals surface area contributed by atoms with Crippen molar-refractivity contribution in [3.63, 3.8) is 0 Å². The molecule has 0 aliphatic carbocycles. The topological polar surface area (TPSA) is 64.6 Å². The average Bonchev–Trinajstić information content (AvgIpc) is 2.46. The third kappa shape index (κ3) is 4.54. The van der Waals surface area contributed by atoms with Gasteiger partial charge in [-0.2, -0.15) is 0 Å². The van der Waals surface area contributed by atoms with Crippen LogP contribution in [0.5, 0.6) is 5.75 Å². The smallest absolute Gasteiger partial charge is 0.258 e. The Kier molecular flexibility index (Phi) is 5.76. The molecule has 114 valence electrons. The molecule has 1 fully saturated rings. The predicted molar refractivity (Wildman–Crippen MR) is 81.7 cm³/mol. The molecule has 1 aromatic rings. The van der Waals surface area contributed by atoms with Crippen molar-refractivity contribution in [3.8, 4) is 5.75 Å². The SMILES string of the molecule is Cc1cc(Br)cc(C=O)c1OCC(=O)NC1CCOCC1. The van der Waals surface area contributed by atoms with Crippen molar-refractivity contribution in [1.82, 2.24) is 5.32 Å². The maximum atomic E-state index is 11.9. The quantitative estimate of drug-likeness (QED) is 0.822. The first kappa shape index (κ1) is 16.0. The molecule has 1 aromatic carbocycles. The van der Waals surface area contributed by atoms with E-state index in [4.69, 9.17) is 9.47 Å². The van der Waals surface area contributed by atoms with Gasteiger partial charge in [0.25, 0.3) is 5.91 Å². The number of carbonyl (C=O) groups excluding carboxylic acids is 2. The molecular weight excluding hydrogens is 338 g/mol. The van der Waals surface area contributed by atoms with E-state index in [9.17, 15) is 9.59 Å². The normalized spacial score (nSPS) is 15.5. The first-order chi connectivity index (χ1) is 10.1. The standard InChI is InChI=1S/C15H18BrNO4/c1-10-6-12(16)7-11(8-18)15(10)21-9-14(19)17-13-2-4-20-5-3-13/h6-8,13H,2-5,9H2,1H3,(H,17,19). The minimum absolute atomic E-state index is 0.0966. The Hall–Kier alpha value is -1.40. The van der Waals surface area contributed by atoms with Gasteiger partial charge in [-0.1, -0.05) is 15.9 Å². The summed E-state index contributed by atoms with van der Waals surface area (Å²) in [5.41, 5.74) is 1.24. The summed E-state index contributed by atoms with van der Waals surface area (Å²) in [5, 5.41) is 2.92. The molecule has 21 heavy (non-hydrogen) atoms. The molecule has 0 aromatic heterocycles. The molecule has 0 spiro atoms. The molecule has 0 atom stereocenters. The number of aldehydes is 1. The Bertz CT molecular complexity index is 527. The number of nitrogens with one attached hydrogen (secondary N) is 1. The van der Waals surface area contributed by atoms with E-state index in [0.29, 0.717) is 24.5 Å². The minimum Gasteiger partial charge on any atom is -0.483 e. The van der Waals surface area contributed by atoms with E-state index in [1.54, 1.807) is 6.07 Å². The van der Waals surface area contributed by atoms with Crippen LogP contribution in [0.3, 0.4) is 0 Å². The zero-order valence-electron chi connectivity index (χ0n) is 11.9. The van der Waals surface area contributed by atoms with Crippen molar-refractivity contribution in [2.45, 2.75) is 25.8 Å². The molecule has 1 aliphatic rings. The van der Waals surface area contributed by atoms with E-state index in [2.05, 4.69) is 21.2 Å². The Labute approximate surface area is 132 Å². The lowest BCUT2D eigenvalue weighted by atomic mass is 10.1. The highest BCUT2D eigenvalue weighted by atomic mass is 79.9. The van der Waals surface area contributed by atoms with Crippen molar-refractivity contribution in [2.24, 2.45) is 0 Å². The summed E-state index contributed by atoms with van der Waals surface area (Å²) in [7, 11) is 0. The van der Waals surface area contributed by atoms with E-state index in [1.165, 1.54) is 0 Å². The number of ether oxygens (including phenoxy) is 2. The third-order valence-corrected chi connectivity index (χ3v) is 3.79. The van der Waals surface area contributed by atoms with Gasteiger partial charge in [0.2, 0.25) is 0 Å². The van der Waals surface area contributed by atoms with Crippen molar-refractivity contribution in [1.29, 1.82) is 0 Å². The molecule has 1 amide bonds. The number of hydrogen-bond acceptors (Lipinski definition) is 4. The Balaban J connectivity index is 1.93. The number of amides is 1. The lowest BCUT2D eigenvalue weighted by Crippen LogP contribution is -2.41. The monoisotopic (exact) mass is 355 g/mol. The molecule has 5 nitrogen and oxygen atoms in total. The molecule has 2 rings (SSSR count). The number of halogens is 1. The molecule has 1 N–H and O–H groups in total. The van der Waals surface area contributed by atoms with Crippen LogP contribution in [0.2, 0.25) is 0 Å². The van der Waals surface area contributed by atoms with Gasteiger partial charge in [0.1, 0.15) is 5.75 Å². The van der Waals surface area contributed by atoms with Gasteiger partial charge in [0.15, 0.2) is 12.9 Å². The number of rotatable bonds is 5. The van der Waals surface area contributed by atoms with Gasteiger partial charge in [0, 0.05) is 23.7 Å². The van der Waals surface area contributed by atoms with Crippen LogP contribution >= 0.6 is 15.9 Å². The third-order valence-electron chi connectivity index (χ3n) is 3.33. The molecule has 1 saturated heterocycles. The highest BCUT2D eigenvalue weighted by Crippen LogP contribution is 2.26. The van der Waals surface area contributed by atoms with E-state index < -0.39 is 0 Å². The molecule has 1 aliphatic heterocycles. The van der Waals surface area contributed by atoms with Gasteiger partial charge in [0.05, 0.1) is 5.56 Å². The fourth-order valence-corrected chi connectivity index (χ4v) is 2.88.